The number of nitrogens with zero attached hydrogens (tertiary/aromatic N) is 1. The topological polar surface area (TPSA) is 23.5 Å². The Morgan fingerprint density at radius 3 is 2.36 bits per heavy atom. The van der Waals surface area contributed by atoms with E-state index in [9.17, 15) is 5.11 Å². The van der Waals surface area contributed by atoms with Crippen molar-refractivity contribution >= 4 is 0 Å². The zero-order valence-electron chi connectivity index (χ0n) is 8.98. The van der Waals surface area contributed by atoms with Crippen molar-refractivity contribution in [3.05, 3.63) is 35.9 Å². The van der Waals surface area contributed by atoms with Gasteiger partial charge in [0.25, 0.3) is 0 Å². The van der Waals surface area contributed by atoms with Crippen LogP contribution in [0, 0.1) is 5.92 Å². The van der Waals surface area contributed by atoms with E-state index < -0.39 is 0 Å². The highest BCUT2D eigenvalue weighted by Gasteiger charge is 2.09. The molecule has 0 aromatic heterocycles. The summed E-state index contributed by atoms with van der Waals surface area (Å²) in [5.74, 6) is 0.340. The van der Waals surface area contributed by atoms with Gasteiger partial charge in [0.1, 0.15) is 0 Å². The summed E-state index contributed by atoms with van der Waals surface area (Å²) in [5.41, 5.74) is 1.30. The Hall–Kier alpha value is -0.860. The Kier molecular flexibility index (Phi) is 4.63. The van der Waals surface area contributed by atoms with Gasteiger partial charge in [0.15, 0.2) is 0 Å². The normalized spacial score (nSPS) is 13.1. The Bertz CT molecular complexity index is 246. The minimum Gasteiger partial charge on any atom is -0.396 e. The van der Waals surface area contributed by atoms with E-state index in [0.717, 1.165) is 13.0 Å². The molecule has 0 saturated carbocycles. The summed E-state index contributed by atoms with van der Waals surface area (Å²) in [6.07, 6.45) is 0.954. The number of hydrogen-bond acceptors (Lipinski definition) is 2. The van der Waals surface area contributed by atoms with Crippen LogP contribution in [0.2, 0.25) is 0 Å². The lowest BCUT2D eigenvalue weighted by atomic mass is 10.00. The number of benzene rings is 1. The van der Waals surface area contributed by atoms with Gasteiger partial charge < -0.3 is 10.0 Å². The molecule has 2 nitrogen and oxygen atoms in total. The lowest BCUT2D eigenvalue weighted by Crippen LogP contribution is -2.25. The molecule has 0 amide bonds. The molecule has 0 aliphatic rings. The van der Waals surface area contributed by atoms with Gasteiger partial charge in [0, 0.05) is 13.2 Å². The molecule has 1 aromatic rings. The number of aliphatic hydroxyl groups excluding tert-OH is 1. The Balaban J connectivity index is 2.48. The first kappa shape index (κ1) is 11.2. The standard InChI is InChI=1S/C12H19NO/c1-13(2)9-12(10-14)8-11-6-4-3-5-7-11/h3-7,12,14H,8-10H2,1-2H3. The van der Waals surface area contributed by atoms with Crippen molar-refractivity contribution in [3.8, 4) is 0 Å². The summed E-state index contributed by atoms with van der Waals surface area (Å²) in [6.45, 7) is 1.19. The van der Waals surface area contributed by atoms with Crippen LogP contribution in [0.1, 0.15) is 5.56 Å². The van der Waals surface area contributed by atoms with Gasteiger partial charge in [0.05, 0.1) is 0 Å². The summed E-state index contributed by atoms with van der Waals surface area (Å²) in [5, 5.41) is 9.21. The van der Waals surface area contributed by atoms with Crippen LogP contribution in [0.5, 0.6) is 0 Å². The monoisotopic (exact) mass is 193 g/mol. The SMILES string of the molecule is CN(C)CC(CO)Cc1ccccc1. The molecular weight excluding hydrogens is 174 g/mol. The van der Waals surface area contributed by atoms with Crippen LogP contribution >= 0.6 is 0 Å². The van der Waals surface area contributed by atoms with Gasteiger partial charge in [-0.15, -0.1) is 0 Å². The van der Waals surface area contributed by atoms with Gasteiger partial charge in [-0.3, -0.25) is 0 Å². The Morgan fingerprint density at radius 1 is 1.21 bits per heavy atom. The van der Waals surface area contributed by atoms with E-state index in [0.29, 0.717) is 5.92 Å². The highest BCUT2D eigenvalue weighted by Crippen LogP contribution is 2.08. The van der Waals surface area contributed by atoms with Gasteiger partial charge in [-0.1, -0.05) is 30.3 Å². The fraction of sp³-hybridized carbons (Fsp3) is 0.500. The van der Waals surface area contributed by atoms with E-state index in [1.807, 2.05) is 32.3 Å². The molecule has 1 atom stereocenters. The summed E-state index contributed by atoms with van der Waals surface area (Å²) in [7, 11) is 4.07. The molecule has 0 fully saturated rings. The zero-order chi connectivity index (χ0) is 10.4. The Labute approximate surface area is 86.2 Å². The van der Waals surface area contributed by atoms with Crippen molar-refractivity contribution in [3.63, 3.8) is 0 Å². The van der Waals surface area contributed by atoms with E-state index in [-0.39, 0.29) is 6.61 Å². The molecule has 0 saturated heterocycles. The number of rotatable bonds is 5. The Morgan fingerprint density at radius 2 is 1.86 bits per heavy atom. The second-order valence-corrected chi connectivity index (χ2v) is 4.00. The molecular formula is C12H19NO. The van der Waals surface area contributed by atoms with Crippen LogP contribution < -0.4 is 0 Å². The van der Waals surface area contributed by atoms with Gasteiger partial charge in [-0.25, -0.2) is 0 Å². The van der Waals surface area contributed by atoms with Crippen molar-refractivity contribution in [2.45, 2.75) is 6.42 Å². The van der Waals surface area contributed by atoms with Crippen LogP contribution in [0.25, 0.3) is 0 Å². The van der Waals surface area contributed by atoms with Crippen LogP contribution in [-0.4, -0.2) is 37.3 Å². The third kappa shape index (κ3) is 3.90. The van der Waals surface area contributed by atoms with Crippen molar-refractivity contribution in [1.29, 1.82) is 0 Å². The average Bonchev–Trinajstić information content (AvgIpc) is 2.17. The van der Waals surface area contributed by atoms with E-state index in [2.05, 4.69) is 17.0 Å². The zero-order valence-corrected chi connectivity index (χ0v) is 8.98. The molecule has 1 rings (SSSR count). The molecule has 0 heterocycles. The summed E-state index contributed by atoms with van der Waals surface area (Å²) in [4.78, 5) is 2.11. The van der Waals surface area contributed by atoms with Crippen LogP contribution in [0.15, 0.2) is 30.3 Å². The minimum absolute atomic E-state index is 0.257. The first-order chi connectivity index (χ1) is 6.72. The van der Waals surface area contributed by atoms with Gasteiger partial charge in [0.2, 0.25) is 0 Å². The van der Waals surface area contributed by atoms with Crippen LogP contribution in [-0.2, 0) is 6.42 Å². The third-order valence-electron chi connectivity index (χ3n) is 2.25. The highest BCUT2D eigenvalue weighted by molar-refractivity contribution is 5.15. The first-order valence-electron chi connectivity index (χ1n) is 5.02. The lowest BCUT2D eigenvalue weighted by molar-refractivity contribution is 0.192. The molecule has 0 bridgehead atoms. The maximum absolute atomic E-state index is 9.21. The van der Waals surface area contributed by atoms with Gasteiger partial charge in [-0.2, -0.15) is 0 Å². The predicted molar refractivity (Wildman–Crippen MR) is 59.3 cm³/mol. The molecule has 78 valence electrons. The molecule has 0 aliphatic heterocycles. The maximum atomic E-state index is 9.21. The molecule has 2 heteroatoms. The lowest BCUT2D eigenvalue weighted by Gasteiger charge is -2.18. The average molecular weight is 193 g/mol. The molecule has 0 spiro atoms. The van der Waals surface area contributed by atoms with Gasteiger partial charge >= 0.3 is 0 Å². The minimum atomic E-state index is 0.257. The molecule has 0 aliphatic carbocycles. The fourth-order valence-electron chi connectivity index (χ4n) is 1.65. The quantitative estimate of drug-likeness (QED) is 0.764. The summed E-state index contributed by atoms with van der Waals surface area (Å²) < 4.78 is 0. The highest BCUT2D eigenvalue weighted by atomic mass is 16.3. The number of hydrogen-bond donors (Lipinski definition) is 1. The molecule has 1 unspecified atom stereocenters. The van der Waals surface area contributed by atoms with Crippen molar-refractivity contribution in [2.75, 3.05) is 27.2 Å². The van der Waals surface area contributed by atoms with Crippen LogP contribution in [0.4, 0.5) is 0 Å². The van der Waals surface area contributed by atoms with Crippen molar-refractivity contribution in [1.82, 2.24) is 4.90 Å². The smallest absolute Gasteiger partial charge is 0.0474 e. The van der Waals surface area contributed by atoms with E-state index in [1.165, 1.54) is 5.56 Å². The van der Waals surface area contributed by atoms with Crippen LogP contribution in [0.3, 0.4) is 0 Å². The second-order valence-electron chi connectivity index (χ2n) is 4.00. The van der Waals surface area contributed by atoms with Crippen molar-refractivity contribution in [2.24, 2.45) is 5.92 Å². The molecule has 14 heavy (non-hydrogen) atoms. The summed E-state index contributed by atoms with van der Waals surface area (Å²) >= 11 is 0. The maximum Gasteiger partial charge on any atom is 0.0474 e. The molecule has 0 radical (unpaired) electrons. The second kappa shape index (κ2) is 5.78. The summed E-state index contributed by atoms with van der Waals surface area (Å²) in [6, 6.07) is 10.3. The predicted octanol–water partition coefficient (Wildman–Crippen LogP) is 1.40. The van der Waals surface area contributed by atoms with Crippen molar-refractivity contribution < 1.29 is 5.11 Å². The molecule has 1 N–H and O–H groups in total. The van der Waals surface area contributed by atoms with E-state index in [4.69, 9.17) is 0 Å². The first-order valence-corrected chi connectivity index (χ1v) is 5.02. The largest absolute Gasteiger partial charge is 0.396 e. The van der Waals surface area contributed by atoms with E-state index >= 15 is 0 Å². The fourth-order valence-corrected chi connectivity index (χ4v) is 1.65. The third-order valence-corrected chi connectivity index (χ3v) is 2.25. The molecule has 1 aromatic carbocycles. The van der Waals surface area contributed by atoms with E-state index in [1.54, 1.807) is 0 Å². The van der Waals surface area contributed by atoms with Gasteiger partial charge in [-0.05, 0) is 32.0 Å². The number of aliphatic hydroxyl groups is 1.